The Bertz CT molecular complexity index is 611. The van der Waals surface area contributed by atoms with Gasteiger partial charge in [-0.1, -0.05) is 0 Å². The topological polar surface area (TPSA) is 75.7 Å². The number of nitrogens with one attached hydrogen (secondary N) is 1. The van der Waals surface area contributed by atoms with Crippen molar-refractivity contribution in [1.82, 2.24) is 10.2 Å². The smallest absolute Gasteiger partial charge is 0.289 e. The number of hydrogen-bond donors (Lipinski definition) is 1. The zero-order chi connectivity index (χ0) is 15.4. The molecule has 116 valence electrons. The van der Waals surface area contributed by atoms with Gasteiger partial charge in [0.15, 0.2) is 11.5 Å². The van der Waals surface area contributed by atoms with Gasteiger partial charge in [-0.15, -0.1) is 0 Å². The molecule has 0 unspecified atom stereocenters. The molecule has 22 heavy (non-hydrogen) atoms. The van der Waals surface area contributed by atoms with Gasteiger partial charge in [0.05, 0.1) is 12.5 Å². The van der Waals surface area contributed by atoms with Crippen LogP contribution in [-0.4, -0.2) is 36.3 Å². The lowest BCUT2D eigenvalue weighted by Crippen LogP contribution is -2.41. The van der Waals surface area contributed by atoms with Gasteiger partial charge in [0, 0.05) is 19.6 Å². The van der Waals surface area contributed by atoms with E-state index in [2.05, 4.69) is 5.32 Å². The van der Waals surface area contributed by atoms with E-state index in [0.29, 0.717) is 37.1 Å². The number of furan rings is 2. The van der Waals surface area contributed by atoms with E-state index in [1.165, 1.54) is 12.5 Å². The van der Waals surface area contributed by atoms with Crippen LogP contribution in [0.25, 0.3) is 0 Å². The zero-order valence-electron chi connectivity index (χ0n) is 12.2. The van der Waals surface area contributed by atoms with Gasteiger partial charge < -0.3 is 19.1 Å². The maximum absolute atomic E-state index is 12.1. The lowest BCUT2D eigenvalue weighted by Gasteiger charge is -2.31. The summed E-state index contributed by atoms with van der Waals surface area (Å²) >= 11 is 0. The van der Waals surface area contributed by atoms with Crippen molar-refractivity contribution < 1.29 is 18.4 Å². The molecule has 0 bridgehead atoms. The first-order valence-corrected chi connectivity index (χ1v) is 7.38. The Hall–Kier alpha value is -2.50. The zero-order valence-corrected chi connectivity index (χ0v) is 12.2. The number of carbonyl (C=O) groups is 2. The fourth-order valence-corrected chi connectivity index (χ4v) is 2.63. The molecule has 2 aromatic heterocycles. The standard InChI is InChI=1S/C16H18N2O4/c19-15(13-3-1-9-21-13)17-11-12-5-7-18(8-6-12)16(20)14-4-2-10-22-14/h1-4,9-10,12H,5-8,11H2,(H,17,19). The quantitative estimate of drug-likeness (QED) is 0.939. The van der Waals surface area contributed by atoms with Crippen LogP contribution >= 0.6 is 0 Å². The first-order valence-electron chi connectivity index (χ1n) is 7.38. The highest BCUT2D eigenvalue weighted by Gasteiger charge is 2.25. The molecule has 0 radical (unpaired) electrons. The maximum atomic E-state index is 12.1. The van der Waals surface area contributed by atoms with Crippen molar-refractivity contribution in [2.75, 3.05) is 19.6 Å². The van der Waals surface area contributed by atoms with Gasteiger partial charge in [-0.05, 0) is 43.0 Å². The second-order valence-electron chi connectivity index (χ2n) is 5.40. The molecule has 3 rings (SSSR count). The molecule has 1 aliphatic rings. The third kappa shape index (κ3) is 3.21. The predicted octanol–water partition coefficient (Wildman–Crippen LogP) is 2.15. The van der Waals surface area contributed by atoms with Gasteiger partial charge in [0.2, 0.25) is 0 Å². The van der Waals surface area contributed by atoms with E-state index < -0.39 is 0 Å². The molecule has 0 spiro atoms. The Kier molecular flexibility index (Phi) is 4.27. The van der Waals surface area contributed by atoms with E-state index in [9.17, 15) is 9.59 Å². The average molecular weight is 302 g/mol. The van der Waals surface area contributed by atoms with Gasteiger partial charge in [0.1, 0.15) is 0 Å². The molecule has 0 saturated carbocycles. The van der Waals surface area contributed by atoms with Gasteiger partial charge in [-0.3, -0.25) is 9.59 Å². The van der Waals surface area contributed by atoms with Crippen LogP contribution in [0.2, 0.25) is 0 Å². The van der Waals surface area contributed by atoms with E-state index >= 15 is 0 Å². The summed E-state index contributed by atoms with van der Waals surface area (Å²) in [5.41, 5.74) is 0. The van der Waals surface area contributed by atoms with Crippen molar-refractivity contribution in [2.45, 2.75) is 12.8 Å². The third-order valence-corrected chi connectivity index (χ3v) is 3.93. The largest absolute Gasteiger partial charge is 0.459 e. The van der Waals surface area contributed by atoms with E-state index in [1.54, 1.807) is 29.2 Å². The number of amides is 2. The molecule has 3 heterocycles. The molecular formula is C16H18N2O4. The summed E-state index contributed by atoms with van der Waals surface area (Å²) in [6, 6.07) is 6.72. The molecule has 2 aromatic rings. The molecule has 1 saturated heterocycles. The van der Waals surface area contributed by atoms with Crippen molar-refractivity contribution in [3.05, 3.63) is 48.3 Å². The number of piperidine rings is 1. The number of rotatable bonds is 4. The highest BCUT2D eigenvalue weighted by atomic mass is 16.3. The van der Waals surface area contributed by atoms with E-state index in [4.69, 9.17) is 8.83 Å². The molecule has 1 N–H and O–H groups in total. The van der Waals surface area contributed by atoms with Gasteiger partial charge in [-0.25, -0.2) is 0 Å². The Labute approximate surface area is 128 Å². The van der Waals surface area contributed by atoms with Gasteiger partial charge >= 0.3 is 0 Å². The minimum atomic E-state index is -0.195. The SMILES string of the molecule is O=C(NCC1CCN(C(=O)c2ccco2)CC1)c1ccco1. The second-order valence-corrected chi connectivity index (χ2v) is 5.40. The van der Waals surface area contributed by atoms with Crippen molar-refractivity contribution >= 4 is 11.8 Å². The van der Waals surface area contributed by atoms with Crippen LogP contribution in [0.4, 0.5) is 0 Å². The molecule has 2 amide bonds. The summed E-state index contributed by atoms with van der Waals surface area (Å²) in [4.78, 5) is 25.7. The van der Waals surface area contributed by atoms with Crippen molar-refractivity contribution in [3.63, 3.8) is 0 Å². The fraction of sp³-hybridized carbons (Fsp3) is 0.375. The van der Waals surface area contributed by atoms with Crippen LogP contribution in [0.15, 0.2) is 45.6 Å². The second kappa shape index (κ2) is 6.51. The van der Waals surface area contributed by atoms with Gasteiger partial charge in [-0.2, -0.15) is 0 Å². The summed E-state index contributed by atoms with van der Waals surface area (Å²) in [5, 5.41) is 2.87. The highest BCUT2D eigenvalue weighted by molar-refractivity contribution is 5.92. The minimum Gasteiger partial charge on any atom is -0.459 e. The minimum absolute atomic E-state index is 0.0666. The van der Waals surface area contributed by atoms with E-state index in [-0.39, 0.29) is 11.8 Å². The molecular weight excluding hydrogens is 284 g/mol. The molecule has 0 aromatic carbocycles. The number of nitrogens with zero attached hydrogens (tertiary/aromatic N) is 1. The lowest BCUT2D eigenvalue weighted by atomic mass is 9.96. The molecule has 1 aliphatic heterocycles. The molecule has 0 aliphatic carbocycles. The predicted molar refractivity (Wildman–Crippen MR) is 78.4 cm³/mol. The summed E-state index contributed by atoms with van der Waals surface area (Å²) < 4.78 is 10.2. The Morgan fingerprint density at radius 3 is 2.32 bits per heavy atom. The Balaban J connectivity index is 1.44. The number of hydrogen-bond acceptors (Lipinski definition) is 4. The fourth-order valence-electron chi connectivity index (χ4n) is 2.63. The normalized spacial score (nSPS) is 15.7. The van der Waals surface area contributed by atoms with Crippen molar-refractivity contribution in [2.24, 2.45) is 5.92 Å². The van der Waals surface area contributed by atoms with Gasteiger partial charge in [0.25, 0.3) is 11.8 Å². The van der Waals surface area contributed by atoms with Crippen LogP contribution < -0.4 is 5.32 Å². The van der Waals surface area contributed by atoms with Crippen LogP contribution in [-0.2, 0) is 0 Å². The van der Waals surface area contributed by atoms with E-state index in [1.807, 2.05) is 0 Å². The van der Waals surface area contributed by atoms with Crippen LogP contribution in [0.1, 0.15) is 34.0 Å². The summed E-state index contributed by atoms with van der Waals surface area (Å²) in [6.45, 7) is 1.96. The highest BCUT2D eigenvalue weighted by Crippen LogP contribution is 2.18. The third-order valence-electron chi connectivity index (χ3n) is 3.93. The first-order chi connectivity index (χ1) is 10.7. The molecule has 6 nitrogen and oxygen atoms in total. The lowest BCUT2D eigenvalue weighted by molar-refractivity contribution is 0.0652. The Morgan fingerprint density at radius 2 is 1.73 bits per heavy atom. The summed E-state index contributed by atoms with van der Waals surface area (Å²) in [5.74, 6) is 0.816. The Morgan fingerprint density at radius 1 is 1.09 bits per heavy atom. The summed E-state index contributed by atoms with van der Waals surface area (Å²) in [6.07, 6.45) is 4.72. The van der Waals surface area contributed by atoms with Crippen LogP contribution in [0, 0.1) is 5.92 Å². The maximum Gasteiger partial charge on any atom is 0.289 e. The molecule has 6 heteroatoms. The van der Waals surface area contributed by atoms with Crippen LogP contribution in [0.5, 0.6) is 0 Å². The van der Waals surface area contributed by atoms with Crippen molar-refractivity contribution in [1.29, 1.82) is 0 Å². The first kappa shape index (κ1) is 14.4. The number of likely N-dealkylation sites (tertiary alicyclic amines) is 1. The molecule has 1 fully saturated rings. The average Bonchev–Trinajstić information content (AvgIpc) is 3.25. The van der Waals surface area contributed by atoms with Crippen molar-refractivity contribution in [3.8, 4) is 0 Å². The van der Waals surface area contributed by atoms with Crippen LogP contribution in [0.3, 0.4) is 0 Å². The molecule has 0 atom stereocenters. The summed E-state index contributed by atoms with van der Waals surface area (Å²) in [7, 11) is 0. The monoisotopic (exact) mass is 302 g/mol. The number of carbonyl (C=O) groups excluding carboxylic acids is 2. The van der Waals surface area contributed by atoms with E-state index in [0.717, 1.165) is 12.8 Å².